The van der Waals surface area contributed by atoms with Crippen molar-refractivity contribution in [2.75, 3.05) is 13.2 Å². The van der Waals surface area contributed by atoms with E-state index in [9.17, 15) is 0 Å². The van der Waals surface area contributed by atoms with E-state index in [1.807, 2.05) is 29.5 Å². The molecular formula is C14H18N2OS. The van der Waals surface area contributed by atoms with Crippen LogP contribution in [0.4, 0.5) is 0 Å². The molecule has 1 N–H and O–H groups in total. The SMILES string of the molecule is Cc1ccc(CNCCCOc2ccccn2)s1. The average molecular weight is 262 g/mol. The number of rotatable bonds is 7. The van der Waals surface area contributed by atoms with Crippen LogP contribution in [0.5, 0.6) is 5.88 Å². The van der Waals surface area contributed by atoms with Gasteiger partial charge in [-0.1, -0.05) is 6.07 Å². The molecule has 0 saturated carbocycles. The topological polar surface area (TPSA) is 34.1 Å². The predicted octanol–water partition coefficient (Wildman–Crippen LogP) is 3.01. The van der Waals surface area contributed by atoms with E-state index >= 15 is 0 Å². The van der Waals surface area contributed by atoms with E-state index in [-0.39, 0.29) is 0 Å². The van der Waals surface area contributed by atoms with Gasteiger partial charge in [-0.3, -0.25) is 0 Å². The Balaban J connectivity index is 1.54. The monoisotopic (exact) mass is 262 g/mol. The smallest absolute Gasteiger partial charge is 0.213 e. The standard InChI is InChI=1S/C14H18N2OS/c1-12-6-7-13(18-12)11-15-8-4-10-17-14-5-2-3-9-16-14/h2-3,5-7,9,15H,4,8,10-11H2,1H3. The molecule has 18 heavy (non-hydrogen) atoms. The fourth-order valence-corrected chi connectivity index (χ4v) is 2.46. The molecule has 96 valence electrons. The van der Waals surface area contributed by atoms with Crippen molar-refractivity contribution in [3.8, 4) is 5.88 Å². The van der Waals surface area contributed by atoms with Crippen LogP contribution >= 0.6 is 11.3 Å². The lowest BCUT2D eigenvalue weighted by molar-refractivity contribution is 0.297. The highest BCUT2D eigenvalue weighted by atomic mass is 32.1. The number of ether oxygens (including phenoxy) is 1. The van der Waals surface area contributed by atoms with Crippen molar-refractivity contribution in [3.63, 3.8) is 0 Å². The van der Waals surface area contributed by atoms with Crippen LogP contribution in [0.1, 0.15) is 16.2 Å². The van der Waals surface area contributed by atoms with Gasteiger partial charge in [0.1, 0.15) is 0 Å². The molecule has 0 radical (unpaired) electrons. The highest BCUT2D eigenvalue weighted by molar-refractivity contribution is 7.11. The van der Waals surface area contributed by atoms with E-state index in [1.54, 1.807) is 6.20 Å². The summed E-state index contributed by atoms with van der Waals surface area (Å²) in [5, 5.41) is 3.41. The molecule has 0 aliphatic carbocycles. The Labute approximate surface area is 112 Å². The summed E-state index contributed by atoms with van der Waals surface area (Å²) in [5.41, 5.74) is 0. The average Bonchev–Trinajstić information content (AvgIpc) is 2.81. The number of nitrogens with one attached hydrogen (secondary N) is 1. The number of aromatic nitrogens is 1. The van der Waals surface area contributed by atoms with Crippen LogP contribution in [0.25, 0.3) is 0 Å². The summed E-state index contributed by atoms with van der Waals surface area (Å²) in [6.45, 7) is 4.74. The Hall–Kier alpha value is -1.39. The molecule has 0 saturated heterocycles. The van der Waals surface area contributed by atoms with Gasteiger partial charge in [-0.25, -0.2) is 4.98 Å². The number of hydrogen-bond donors (Lipinski definition) is 1. The molecule has 0 fully saturated rings. The molecule has 0 spiro atoms. The molecule has 0 bridgehead atoms. The van der Waals surface area contributed by atoms with Gasteiger partial charge in [0, 0.05) is 28.6 Å². The molecule has 3 nitrogen and oxygen atoms in total. The lowest BCUT2D eigenvalue weighted by Gasteiger charge is -2.05. The van der Waals surface area contributed by atoms with Crippen LogP contribution in [0, 0.1) is 6.92 Å². The van der Waals surface area contributed by atoms with Crippen molar-refractivity contribution in [1.82, 2.24) is 10.3 Å². The second-order valence-electron chi connectivity index (χ2n) is 4.06. The van der Waals surface area contributed by atoms with Crippen molar-refractivity contribution in [1.29, 1.82) is 0 Å². The number of nitrogens with zero attached hydrogens (tertiary/aromatic N) is 1. The van der Waals surface area contributed by atoms with Gasteiger partial charge in [-0.05, 0) is 38.1 Å². The van der Waals surface area contributed by atoms with Gasteiger partial charge >= 0.3 is 0 Å². The zero-order chi connectivity index (χ0) is 12.6. The van der Waals surface area contributed by atoms with Crippen LogP contribution in [-0.4, -0.2) is 18.1 Å². The molecule has 0 aliphatic heterocycles. The van der Waals surface area contributed by atoms with Gasteiger partial charge in [0.05, 0.1) is 6.61 Å². The second-order valence-corrected chi connectivity index (χ2v) is 5.43. The number of hydrogen-bond acceptors (Lipinski definition) is 4. The molecule has 2 heterocycles. The van der Waals surface area contributed by atoms with Gasteiger partial charge in [0.25, 0.3) is 0 Å². The first-order chi connectivity index (χ1) is 8.84. The lowest BCUT2D eigenvalue weighted by Crippen LogP contribution is -2.16. The summed E-state index contributed by atoms with van der Waals surface area (Å²) in [7, 11) is 0. The molecule has 0 amide bonds. The molecule has 0 unspecified atom stereocenters. The van der Waals surface area contributed by atoms with Gasteiger partial charge in [0.15, 0.2) is 0 Å². The molecule has 2 aromatic rings. The third-order valence-electron chi connectivity index (χ3n) is 2.48. The maximum absolute atomic E-state index is 5.51. The molecule has 4 heteroatoms. The van der Waals surface area contributed by atoms with Crippen LogP contribution < -0.4 is 10.1 Å². The molecule has 0 aromatic carbocycles. The number of pyridine rings is 1. The van der Waals surface area contributed by atoms with Gasteiger partial charge < -0.3 is 10.1 Å². The molecular weight excluding hydrogens is 244 g/mol. The summed E-state index contributed by atoms with van der Waals surface area (Å²) in [6.07, 6.45) is 2.73. The van der Waals surface area contributed by atoms with E-state index in [1.165, 1.54) is 9.75 Å². The summed E-state index contributed by atoms with van der Waals surface area (Å²) < 4.78 is 5.51. The summed E-state index contributed by atoms with van der Waals surface area (Å²) in [5.74, 6) is 0.700. The van der Waals surface area contributed by atoms with Crippen LogP contribution in [0.3, 0.4) is 0 Å². The second kappa shape index (κ2) is 7.13. The van der Waals surface area contributed by atoms with E-state index in [0.29, 0.717) is 12.5 Å². The third-order valence-corrected chi connectivity index (χ3v) is 3.48. The fourth-order valence-electron chi connectivity index (χ4n) is 1.60. The Bertz CT molecular complexity index is 456. The third kappa shape index (κ3) is 4.47. The van der Waals surface area contributed by atoms with Crippen molar-refractivity contribution in [2.45, 2.75) is 19.9 Å². The van der Waals surface area contributed by atoms with Crippen molar-refractivity contribution < 1.29 is 4.74 Å². The highest BCUT2D eigenvalue weighted by Crippen LogP contribution is 2.14. The number of thiophene rings is 1. The predicted molar refractivity (Wildman–Crippen MR) is 75.1 cm³/mol. The van der Waals surface area contributed by atoms with Crippen LogP contribution in [0.2, 0.25) is 0 Å². The minimum atomic E-state index is 0.700. The quantitative estimate of drug-likeness (QED) is 0.779. The molecule has 0 aliphatic rings. The van der Waals surface area contributed by atoms with E-state index in [4.69, 9.17) is 4.74 Å². The molecule has 0 atom stereocenters. The Morgan fingerprint density at radius 3 is 2.94 bits per heavy atom. The molecule has 2 aromatic heterocycles. The minimum absolute atomic E-state index is 0.700. The van der Waals surface area contributed by atoms with Crippen molar-refractivity contribution in [3.05, 3.63) is 46.3 Å². The van der Waals surface area contributed by atoms with Crippen LogP contribution in [0.15, 0.2) is 36.5 Å². The maximum atomic E-state index is 5.51. The van der Waals surface area contributed by atoms with E-state index < -0.39 is 0 Å². The lowest BCUT2D eigenvalue weighted by atomic mass is 10.4. The Morgan fingerprint density at radius 2 is 2.22 bits per heavy atom. The van der Waals surface area contributed by atoms with E-state index in [0.717, 1.165) is 19.5 Å². The summed E-state index contributed by atoms with van der Waals surface area (Å²) in [6, 6.07) is 10.0. The summed E-state index contributed by atoms with van der Waals surface area (Å²) in [4.78, 5) is 6.86. The Morgan fingerprint density at radius 1 is 1.28 bits per heavy atom. The van der Waals surface area contributed by atoms with Gasteiger partial charge in [-0.15, -0.1) is 11.3 Å². The first kappa shape index (κ1) is 13.1. The fraction of sp³-hybridized carbons (Fsp3) is 0.357. The van der Waals surface area contributed by atoms with Gasteiger partial charge in [0.2, 0.25) is 5.88 Å². The zero-order valence-electron chi connectivity index (χ0n) is 10.6. The van der Waals surface area contributed by atoms with Gasteiger partial charge in [-0.2, -0.15) is 0 Å². The van der Waals surface area contributed by atoms with Crippen LogP contribution in [-0.2, 0) is 6.54 Å². The largest absolute Gasteiger partial charge is 0.478 e. The minimum Gasteiger partial charge on any atom is -0.478 e. The van der Waals surface area contributed by atoms with E-state index in [2.05, 4.69) is 29.4 Å². The zero-order valence-corrected chi connectivity index (χ0v) is 11.4. The highest BCUT2D eigenvalue weighted by Gasteiger charge is 1.96. The van der Waals surface area contributed by atoms with Crippen molar-refractivity contribution >= 4 is 11.3 Å². The van der Waals surface area contributed by atoms with Crippen molar-refractivity contribution in [2.24, 2.45) is 0 Å². The first-order valence-corrected chi connectivity index (χ1v) is 6.96. The normalized spacial score (nSPS) is 10.5. The summed E-state index contributed by atoms with van der Waals surface area (Å²) >= 11 is 1.84. The Kier molecular flexibility index (Phi) is 5.17. The molecule has 2 rings (SSSR count). The number of aryl methyl sites for hydroxylation is 1. The first-order valence-electron chi connectivity index (χ1n) is 6.14. The maximum Gasteiger partial charge on any atom is 0.213 e.